The molecular formula is C5H10O2. The van der Waals surface area contributed by atoms with E-state index < -0.39 is 5.60 Å². The maximum absolute atomic E-state index is 9.06. The van der Waals surface area contributed by atoms with Gasteiger partial charge in [-0.25, -0.2) is 0 Å². The Morgan fingerprint density at radius 1 is 1.86 bits per heavy atom. The highest BCUT2D eigenvalue weighted by molar-refractivity contribution is 4.87. The average molecular weight is 102 g/mol. The first-order chi connectivity index (χ1) is 3.13. The quantitative estimate of drug-likeness (QED) is 0.472. The molecule has 7 heavy (non-hydrogen) atoms. The third-order valence-corrected chi connectivity index (χ3v) is 1.50. The molecule has 0 radical (unpaired) electrons. The molecule has 0 aromatic carbocycles. The molecule has 1 aliphatic rings. The molecule has 2 heteroatoms. The molecule has 1 saturated heterocycles. The van der Waals surface area contributed by atoms with Crippen molar-refractivity contribution in [1.29, 1.82) is 0 Å². The molecule has 0 amide bonds. The number of hydrogen-bond donors (Lipinski definition) is 1. The van der Waals surface area contributed by atoms with Crippen LogP contribution in [0.15, 0.2) is 0 Å². The summed E-state index contributed by atoms with van der Waals surface area (Å²) in [5.74, 6) is 0. The molecule has 2 atom stereocenters. The molecule has 1 heterocycles. The fourth-order valence-corrected chi connectivity index (χ4v) is 0.491. The Hall–Kier alpha value is -0.0800. The molecule has 42 valence electrons. The molecule has 0 spiro atoms. The van der Waals surface area contributed by atoms with Crippen LogP contribution in [0.2, 0.25) is 0 Å². The molecule has 0 bridgehead atoms. The summed E-state index contributed by atoms with van der Waals surface area (Å²) < 4.78 is 4.90. The Labute approximate surface area is 43.1 Å². The van der Waals surface area contributed by atoms with Gasteiger partial charge in [0.1, 0.15) is 5.60 Å². The highest BCUT2D eigenvalue weighted by Crippen LogP contribution is 2.23. The summed E-state index contributed by atoms with van der Waals surface area (Å²) in [6.45, 7) is 4.14. The van der Waals surface area contributed by atoms with E-state index in [1.54, 1.807) is 6.92 Å². The van der Waals surface area contributed by atoms with E-state index in [0.717, 1.165) is 0 Å². The van der Waals surface area contributed by atoms with Crippen molar-refractivity contribution in [3.8, 4) is 0 Å². The Balaban J connectivity index is 2.43. The first-order valence-electron chi connectivity index (χ1n) is 2.47. The van der Waals surface area contributed by atoms with Crippen molar-refractivity contribution in [2.24, 2.45) is 0 Å². The van der Waals surface area contributed by atoms with Gasteiger partial charge in [-0.2, -0.15) is 0 Å². The van der Waals surface area contributed by atoms with Gasteiger partial charge in [0, 0.05) is 0 Å². The first-order valence-corrected chi connectivity index (χ1v) is 2.47. The summed E-state index contributed by atoms with van der Waals surface area (Å²) in [6, 6.07) is 0. The SMILES string of the molecule is CC1OCC1(C)O. The number of rotatable bonds is 0. The van der Waals surface area contributed by atoms with Gasteiger partial charge >= 0.3 is 0 Å². The van der Waals surface area contributed by atoms with E-state index in [4.69, 9.17) is 9.84 Å². The molecule has 1 N–H and O–H groups in total. The van der Waals surface area contributed by atoms with Crippen molar-refractivity contribution in [1.82, 2.24) is 0 Å². The summed E-state index contributed by atoms with van der Waals surface area (Å²) in [4.78, 5) is 0. The summed E-state index contributed by atoms with van der Waals surface area (Å²) in [5, 5.41) is 9.06. The molecular weight excluding hydrogens is 92.1 g/mol. The average Bonchev–Trinajstić information content (AvgIpc) is 1.63. The third kappa shape index (κ3) is 0.640. The van der Waals surface area contributed by atoms with Crippen LogP contribution in [0.4, 0.5) is 0 Å². The molecule has 0 aromatic heterocycles. The summed E-state index contributed by atoms with van der Waals surface area (Å²) >= 11 is 0. The standard InChI is InChI=1S/C5H10O2/c1-4-5(2,6)3-7-4/h4,6H,3H2,1-2H3. The van der Waals surface area contributed by atoms with Crippen molar-refractivity contribution in [3.05, 3.63) is 0 Å². The fourth-order valence-electron chi connectivity index (χ4n) is 0.491. The maximum Gasteiger partial charge on any atom is 0.111 e. The lowest BCUT2D eigenvalue weighted by Gasteiger charge is -2.40. The molecule has 1 rings (SSSR count). The highest BCUT2D eigenvalue weighted by atomic mass is 16.6. The second kappa shape index (κ2) is 1.20. The predicted molar refractivity (Wildman–Crippen MR) is 26.0 cm³/mol. The lowest BCUT2D eigenvalue weighted by atomic mass is 9.97. The van der Waals surface area contributed by atoms with Gasteiger partial charge in [-0.05, 0) is 13.8 Å². The summed E-state index contributed by atoms with van der Waals surface area (Å²) in [7, 11) is 0. The largest absolute Gasteiger partial charge is 0.385 e. The Bertz CT molecular complexity index is 78.1. The highest BCUT2D eigenvalue weighted by Gasteiger charge is 2.38. The van der Waals surface area contributed by atoms with E-state index in [0.29, 0.717) is 6.61 Å². The second-order valence-corrected chi connectivity index (χ2v) is 2.31. The minimum atomic E-state index is -0.542. The molecule has 0 aliphatic carbocycles. The monoisotopic (exact) mass is 102 g/mol. The summed E-state index contributed by atoms with van der Waals surface area (Å²) in [6.07, 6.45) is 0.0347. The van der Waals surface area contributed by atoms with Crippen molar-refractivity contribution in [2.45, 2.75) is 25.6 Å². The molecule has 2 nitrogen and oxygen atoms in total. The second-order valence-electron chi connectivity index (χ2n) is 2.31. The van der Waals surface area contributed by atoms with Gasteiger partial charge in [-0.15, -0.1) is 0 Å². The van der Waals surface area contributed by atoms with E-state index in [1.165, 1.54) is 0 Å². The zero-order chi connectivity index (χ0) is 5.49. The molecule has 2 unspecified atom stereocenters. The van der Waals surface area contributed by atoms with Crippen LogP contribution >= 0.6 is 0 Å². The van der Waals surface area contributed by atoms with Crippen molar-refractivity contribution >= 4 is 0 Å². The zero-order valence-corrected chi connectivity index (χ0v) is 4.64. The Morgan fingerprint density at radius 3 is 2.29 bits per heavy atom. The van der Waals surface area contributed by atoms with Crippen molar-refractivity contribution < 1.29 is 9.84 Å². The molecule has 1 fully saturated rings. The van der Waals surface area contributed by atoms with E-state index in [1.807, 2.05) is 6.92 Å². The lowest BCUT2D eigenvalue weighted by molar-refractivity contribution is -0.218. The lowest BCUT2D eigenvalue weighted by Crippen LogP contribution is -2.54. The summed E-state index contributed by atoms with van der Waals surface area (Å²) in [5.41, 5.74) is -0.542. The van der Waals surface area contributed by atoms with Gasteiger partial charge in [0.2, 0.25) is 0 Å². The zero-order valence-electron chi connectivity index (χ0n) is 4.64. The van der Waals surface area contributed by atoms with Crippen LogP contribution in [-0.2, 0) is 4.74 Å². The normalized spacial score (nSPS) is 51.0. The minimum absolute atomic E-state index is 0.0347. The van der Waals surface area contributed by atoms with Gasteiger partial charge in [0.15, 0.2) is 0 Å². The predicted octanol–water partition coefficient (Wildman–Crippen LogP) is 0.156. The number of hydrogen-bond acceptors (Lipinski definition) is 2. The van der Waals surface area contributed by atoms with Crippen LogP contribution in [0, 0.1) is 0 Å². The van der Waals surface area contributed by atoms with Gasteiger partial charge in [-0.1, -0.05) is 0 Å². The molecule has 0 saturated carbocycles. The third-order valence-electron chi connectivity index (χ3n) is 1.50. The first kappa shape index (κ1) is 5.06. The molecule has 1 aliphatic heterocycles. The van der Waals surface area contributed by atoms with Crippen molar-refractivity contribution in [3.63, 3.8) is 0 Å². The fraction of sp³-hybridized carbons (Fsp3) is 1.00. The minimum Gasteiger partial charge on any atom is -0.385 e. The topological polar surface area (TPSA) is 29.5 Å². The smallest absolute Gasteiger partial charge is 0.111 e. The number of ether oxygens (including phenoxy) is 1. The van der Waals surface area contributed by atoms with Crippen LogP contribution in [0.1, 0.15) is 13.8 Å². The molecule has 0 aromatic rings. The maximum atomic E-state index is 9.06. The van der Waals surface area contributed by atoms with Crippen LogP contribution in [0.5, 0.6) is 0 Å². The van der Waals surface area contributed by atoms with E-state index in [9.17, 15) is 0 Å². The van der Waals surface area contributed by atoms with Crippen LogP contribution < -0.4 is 0 Å². The Morgan fingerprint density at radius 2 is 2.29 bits per heavy atom. The van der Waals surface area contributed by atoms with E-state index in [-0.39, 0.29) is 6.10 Å². The van der Waals surface area contributed by atoms with E-state index in [2.05, 4.69) is 0 Å². The van der Waals surface area contributed by atoms with Gasteiger partial charge < -0.3 is 9.84 Å². The van der Waals surface area contributed by atoms with Crippen LogP contribution in [0.25, 0.3) is 0 Å². The van der Waals surface area contributed by atoms with Gasteiger partial charge in [0.05, 0.1) is 12.7 Å². The van der Waals surface area contributed by atoms with Crippen molar-refractivity contribution in [2.75, 3.05) is 6.61 Å². The van der Waals surface area contributed by atoms with Gasteiger partial charge in [0.25, 0.3) is 0 Å². The van der Waals surface area contributed by atoms with Crippen LogP contribution in [0.3, 0.4) is 0 Å². The van der Waals surface area contributed by atoms with Gasteiger partial charge in [-0.3, -0.25) is 0 Å². The van der Waals surface area contributed by atoms with E-state index >= 15 is 0 Å². The Kier molecular flexibility index (Phi) is 0.869. The van der Waals surface area contributed by atoms with Crippen LogP contribution in [-0.4, -0.2) is 23.4 Å². The number of aliphatic hydroxyl groups is 1.